The summed E-state index contributed by atoms with van der Waals surface area (Å²) in [5.74, 6) is -2.36. The van der Waals surface area contributed by atoms with Gasteiger partial charge in [0.2, 0.25) is 0 Å². The molecule has 2 aliphatic carbocycles. The van der Waals surface area contributed by atoms with Crippen LogP contribution in [0.4, 0.5) is 22.7 Å². The van der Waals surface area contributed by atoms with E-state index in [2.05, 4.69) is 33.4 Å². The Morgan fingerprint density at radius 1 is 0.576 bits per heavy atom. The molecule has 2 aliphatic rings. The summed E-state index contributed by atoms with van der Waals surface area (Å²) in [6.07, 6.45) is 4.20. The van der Waals surface area contributed by atoms with Crippen molar-refractivity contribution in [3.63, 3.8) is 0 Å². The molecule has 4 aromatic carbocycles. The Hall–Kier alpha value is -7.39. The van der Waals surface area contributed by atoms with Gasteiger partial charge >= 0.3 is 11.9 Å². The number of carbonyl (C=O) groups excluding carboxylic acids is 5. The largest absolute Gasteiger partial charge is 0.484 e. The normalized spacial score (nSPS) is 20.0. The van der Waals surface area contributed by atoms with Crippen LogP contribution in [-0.4, -0.2) is 71.1 Å². The SMILES string of the molecule is CNc1ccc(C2CCCCC2(CC(=O)OC)C(=O)C2(CC(=O)OC)CCCCC2c2ccc(NC)c(NC(=O)COc3ccc(C#N)cc3)c2)cc1NC(=O)COc1ccc(C#N)cc1. The first-order valence-electron chi connectivity index (χ1n) is 22.1. The summed E-state index contributed by atoms with van der Waals surface area (Å²) in [6, 6.07) is 28.1. The number of ketones is 1. The maximum atomic E-state index is 16.3. The number of hydrogen-bond donors (Lipinski definition) is 4. The number of hydrogen-bond acceptors (Lipinski definition) is 13. The molecule has 2 saturated carbocycles. The highest BCUT2D eigenvalue weighted by molar-refractivity contribution is 5.99. The van der Waals surface area contributed by atoms with E-state index in [1.54, 1.807) is 62.6 Å². The smallest absolute Gasteiger partial charge is 0.306 e. The fraction of sp³-hybridized carbons (Fsp3) is 0.392. The summed E-state index contributed by atoms with van der Waals surface area (Å²) in [4.78, 5) is 70.4. The molecular weight excluding hydrogens is 841 g/mol. The van der Waals surface area contributed by atoms with Crippen molar-refractivity contribution in [2.45, 2.75) is 76.0 Å². The number of Topliss-reactive ketones (excluding diaryl/α,β-unsaturated/α-hetero) is 1. The minimum absolute atomic E-state index is 0.210. The van der Waals surface area contributed by atoms with E-state index >= 15 is 4.79 Å². The lowest BCUT2D eigenvalue weighted by molar-refractivity contribution is -0.160. The molecule has 0 saturated heterocycles. The number of nitrogens with one attached hydrogen (secondary N) is 4. The number of nitriles is 2. The number of nitrogens with zero attached hydrogens (tertiary/aromatic N) is 2. The van der Waals surface area contributed by atoms with Gasteiger partial charge in [0.15, 0.2) is 13.2 Å². The second kappa shape index (κ2) is 22.0. The maximum Gasteiger partial charge on any atom is 0.306 e. The van der Waals surface area contributed by atoms with Crippen LogP contribution in [0.25, 0.3) is 0 Å². The summed E-state index contributed by atoms with van der Waals surface area (Å²) >= 11 is 0. The quantitative estimate of drug-likeness (QED) is 0.0693. The topological polar surface area (TPSA) is 218 Å². The lowest BCUT2D eigenvalue weighted by Crippen LogP contribution is -2.53. The number of anilines is 4. The molecule has 0 aromatic heterocycles. The monoisotopic (exact) mass is 896 g/mol. The third-order valence-electron chi connectivity index (χ3n) is 13.0. The molecule has 15 nitrogen and oxygen atoms in total. The Morgan fingerprint density at radius 3 is 1.32 bits per heavy atom. The molecule has 4 atom stereocenters. The van der Waals surface area contributed by atoms with Crippen molar-refractivity contribution in [3.8, 4) is 23.6 Å². The zero-order valence-corrected chi connectivity index (χ0v) is 37.8. The van der Waals surface area contributed by atoms with Crippen LogP contribution in [0.3, 0.4) is 0 Å². The molecule has 15 heteroatoms. The number of carbonyl (C=O) groups is 5. The van der Waals surface area contributed by atoms with E-state index in [4.69, 9.17) is 29.5 Å². The third kappa shape index (κ3) is 10.9. The zero-order valence-electron chi connectivity index (χ0n) is 37.8. The lowest BCUT2D eigenvalue weighted by Gasteiger charge is -2.52. The Kier molecular flexibility index (Phi) is 16.0. The van der Waals surface area contributed by atoms with E-state index in [1.165, 1.54) is 14.2 Å². The molecule has 4 aromatic rings. The summed E-state index contributed by atoms with van der Waals surface area (Å²) in [5.41, 5.74) is 1.91. The van der Waals surface area contributed by atoms with Crippen LogP contribution in [0.2, 0.25) is 0 Å². The molecule has 0 bridgehead atoms. The van der Waals surface area contributed by atoms with Crippen LogP contribution in [0.5, 0.6) is 11.5 Å². The van der Waals surface area contributed by atoms with Crippen LogP contribution >= 0.6 is 0 Å². The average Bonchev–Trinajstić information content (AvgIpc) is 3.35. The second-order valence-electron chi connectivity index (χ2n) is 16.8. The van der Waals surface area contributed by atoms with E-state index < -0.39 is 46.4 Å². The first-order valence-corrected chi connectivity index (χ1v) is 22.1. The van der Waals surface area contributed by atoms with Crippen LogP contribution in [0, 0.1) is 33.5 Å². The van der Waals surface area contributed by atoms with Crippen molar-refractivity contribution in [1.29, 1.82) is 10.5 Å². The van der Waals surface area contributed by atoms with Gasteiger partial charge in [-0.05, 0) is 121 Å². The molecule has 0 heterocycles. The summed E-state index contributed by atoms with van der Waals surface area (Å²) in [5, 5.41) is 30.4. The van der Waals surface area contributed by atoms with Gasteiger partial charge in [-0.15, -0.1) is 0 Å². The summed E-state index contributed by atoms with van der Waals surface area (Å²) in [7, 11) is 6.06. The van der Waals surface area contributed by atoms with Gasteiger partial charge in [0, 0.05) is 24.9 Å². The number of esters is 2. The Bertz CT molecular complexity index is 2330. The molecule has 66 heavy (non-hydrogen) atoms. The van der Waals surface area contributed by atoms with Gasteiger partial charge in [0.25, 0.3) is 11.8 Å². The van der Waals surface area contributed by atoms with Gasteiger partial charge in [0.05, 0.1) is 73.1 Å². The first-order chi connectivity index (χ1) is 31.9. The summed E-state index contributed by atoms with van der Waals surface area (Å²) in [6.45, 7) is -0.615. The van der Waals surface area contributed by atoms with Gasteiger partial charge in [0.1, 0.15) is 17.3 Å². The van der Waals surface area contributed by atoms with Crippen molar-refractivity contribution in [2.24, 2.45) is 10.8 Å². The highest BCUT2D eigenvalue weighted by Gasteiger charge is 2.59. The number of amides is 2. The zero-order chi connectivity index (χ0) is 47.3. The number of methoxy groups -OCH3 is 2. The van der Waals surface area contributed by atoms with E-state index in [0.717, 1.165) is 24.0 Å². The Labute approximate surface area is 385 Å². The molecular formula is C51H56N6O9. The molecule has 0 radical (unpaired) electrons. The average molecular weight is 897 g/mol. The highest BCUT2D eigenvalue weighted by atomic mass is 16.5. The van der Waals surface area contributed by atoms with E-state index in [0.29, 0.717) is 83.9 Å². The fourth-order valence-corrected chi connectivity index (χ4v) is 9.85. The first kappa shape index (κ1) is 48.1. The number of ether oxygens (including phenoxy) is 4. The molecule has 0 aliphatic heterocycles. The van der Waals surface area contributed by atoms with Crippen molar-refractivity contribution in [1.82, 2.24) is 0 Å². The van der Waals surface area contributed by atoms with Gasteiger partial charge < -0.3 is 40.2 Å². The number of rotatable bonds is 18. The number of benzene rings is 4. The molecule has 0 spiro atoms. The highest BCUT2D eigenvalue weighted by Crippen LogP contribution is 2.60. The van der Waals surface area contributed by atoms with Gasteiger partial charge in [-0.3, -0.25) is 24.0 Å². The van der Waals surface area contributed by atoms with Crippen LogP contribution < -0.4 is 30.7 Å². The van der Waals surface area contributed by atoms with E-state index in [1.807, 2.05) is 36.4 Å². The predicted molar refractivity (Wildman–Crippen MR) is 248 cm³/mol. The molecule has 6 rings (SSSR count). The van der Waals surface area contributed by atoms with E-state index in [-0.39, 0.29) is 31.8 Å². The van der Waals surface area contributed by atoms with Crippen molar-refractivity contribution >= 4 is 52.3 Å². The van der Waals surface area contributed by atoms with Crippen molar-refractivity contribution in [3.05, 3.63) is 107 Å². The lowest BCUT2D eigenvalue weighted by atomic mass is 9.49. The minimum atomic E-state index is -1.32. The molecule has 2 fully saturated rings. The predicted octanol–water partition coefficient (Wildman–Crippen LogP) is 8.23. The Morgan fingerprint density at radius 2 is 0.970 bits per heavy atom. The molecule has 2 amide bonds. The van der Waals surface area contributed by atoms with E-state index in [9.17, 15) is 19.2 Å². The van der Waals surface area contributed by atoms with Crippen LogP contribution in [-0.2, 0) is 33.4 Å². The standard InChI is InChI=1S/C51H56N6O9/c1-54-41-21-15-35(25-43(41)56-45(58)31-65-37-17-11-33(29-52)12-18-37)39-9-5-7-23-50(39,27-47(60)63-3)49(62)51(28-48(61)64-4)24-8-6-10-40(51)36-16-22-42(55-2)44(26-36)57-46(59)32-66-38-19-13-34(30-53)14-20-38/h11-22,25-26,39-40,54-55H,5-10,23-24,27-28,31-32H2,1-4H3,(H,56,58)(H,57,59). The maximum absolute atomic E-state index is 16.3. The van der Waals surface area contributed by atoms with Crippen LogP contribution in [0.15, 0.2) is 84.9 Å². The van der Waals surface area contributed by atoms with Crippen molar-refractivity contribution < 1.29 is 42.9 Å². The molecule has 4 N–H and O–H groups in total. The van der Waals surface area contributed by atoms with Gasteiger partial charge in [-0.1, -0.05) is 37.8 Å². The van der Waals surface area contributed by atoms with Crippen molar-refractivity contribution in [2.75, 3.05) is 62.8 Å². The molecule has 4 unspecified atom stereocenters. The minimum Gasteiger partial charge on any atom is -0.484 e. The summed E-state index contributed by atoms with van der Waals surface area (Å²) < 4.78 is 22.1. The van der Waals surface area contributed by atoms with Crippen LogP contribution in [0.1, 0.15) is 98.3 Å². The van der Waals surface area contributed by atoms with Gasteiger partial charge in [-0.2, -0.15) is 10.5 Å². The third-order valence-corrected chi connectivity index (χ3v) is 13.0. The fourth-order valence-electron chi connectivity index (χ4n) is 9.85. The Balaban J connectivity index is 1.36. The van der Waals surface area contributed by atoms with Gasteiger partial charge in [-0.25, -0.2) is 0 Å². The second-order valence-corrected chi connectivity index (χ2v) is 16.8. The molecule has 344 valence electrons.